The molecule has 0 spiro atoms. The highest BCUT2D eigenvalue weighted by atomic mass is 19.1. The number of ketones is 1. The van der Waals surface area contributed by atoms with Gasteiger partial charge in [0.2, 0.25) is 0 Å². The molecule has 0 aliphatic carbocycles. The number of aliphatic hydroxyl groups is 1. The Labute approximate surface area is 180 Å². The Bertz CT molecular complexity index is 966. The Balaban J connectivity index is 2.02. The summed E-state index contributed by atoms with van der Waals surface area (Å²) in [6, 6.07) is 11.3. The second kappa shape index (κ2) is 9.75. The van der Waals surface area contributed by atoms with E-state index in [0.717, 1.165) is 0 Å². The van der Waals surface area contributed by atoms with Gasteiger partial charge in [-0.1, -0.05) is 26.0 Å². The summed E-state index contributed by atoms with van der Waals surface area (Å²) < 4.78 is 24.2. The summed E-state index contributed by atoms with van der Waals surface area (Å²) in [4.78, 5) is 26.9. The van der Waals surface area contributed by atoms with E-state index >= 15 is 0 Å². The molecule has 1 aliphatic rings. The third kappa shape index (κ3) is 4.94. The smallest absolute Gasteiger partial charge is 0.295 e. The molecule has 0 aromatic heterocycles. The molecular formula is C24H26FNO5. The number of ether oxygens (including phenoxy) is 2. The first-order chi connectivity index (χ1) is 14.8. The summed E-state index contributed by atoms with van der Waals surface area (Å²) >= 11 is 0. The molecular weight excluding hydrogens is 401 g/mol. The van der Waals surface area contributed by atoms with E-state index in [1.54, 1.807) is 24.3 Å². The Morgan fingerprint density at radius 2 is 1.74 bits per heavy atom. The normalized spacial score (nSPS) is 18.1. The number of Topliss-reactive ketones (excluding diaryl/α,β-unsaturated/α-hetero) is 1. The van der Waals surface area contributed by atoms with Crippen molar-refractivity contribution in [2.24, 2.45) is 5.92 Å². The van der Waals surface area contributed by atoms with Gasteiger partial charge in [-0.25, -0.2) is 4.39 Å². The molecule has 1 saturated heterocycles. The summed E-state index contributed by atoms with van der Waals surface area (Å²) in [5, 5.41) is 11.0. The quantitative estimate of drug-likeness (QED) is 0.393. The first-order valence-corrected chi connectivity index (χ1v) is 10.1. The van der Waals surface area contributed by atoms with Gasteiger partial charge in [-0.3, -0.25) is 9.59 Å². The molecule has 2 aromatic carbocycles. The van der Waals surface area contributed by atoms with Crippen LogP contribution in [-0.4, -0.2) is 48.6 Å². The van der Waals surface area contributed by atoms with Gasteiger partial charge >= 0.3 is 0 Å². The van der Waals surface area contributed by atoms with Gasteiger partial charge in [0, 0.05) is 19.2 Å². The predicted molar refractivity (Wildman–Crippen MR) is 114 cm³/mol. The molecule has 3 rings (SSSR count). The lowest BCUT2D eigenvalue weighted by Crippen LogP contribution is -2.32. The second-order valence-corrected chi connectivity index (χ2v) is 7.77. The molecule has 1 amide bonds. The maximum absolute atomic E-state index is 13.5. The van der Waals surface area contributed by atoms with Gasteiger partial charge in [0.25, 0.3) is 11.7 Å². The van der Waals surface area contributed by atoms with E-state index in [0.29, 0.717) is 29.4 Å². The maximum Gasteiger partial charge on any atom is 0.295 e. The van der Waals surface area contributed by atoms with Gasteiger partial charge in [-0.15, -0.1) is 0 Å². The largest absolute Gasteiger partial charge is 0.507 e. The van der Waals surface area contributed by atoms with Crippen LogP contribution in [0.15, 0.2) is 54.1 Å². The monoisotopic (exact) mass is 427 g/mol. The number of nitrogens with zero attached hydrogens (tertiary/aromatic N) is 1. The molecule has 0 unspecified atom stereocenters. The van der Waals surface area contributed by atoms with Gasteiger partial charge in [-0.05, 0) is 47.9 Å². The lowest BCUT2D eigenvalue weighted by atomic mass is 9.95. The first kappa shape index (κ1) is 22.5. The number of carbonyl (C=O) groups is 2. The van der Waals surface area contributed by atoms with Gasteiger partial charge < -0.3 is 19.5 Å². The van der Waals surface area contributed by atoms with E-state index in [9.17, 15) is 19.1 Å². The fraction of sp³-hybridized carbons (Fsp3) is 0.333. The number of rotatable bonds is 8. The van der Waals surface area contributed by atoms with Crippen molar-refractivity contribution in [3.8, 4) is 5.75 Å². The molecule has 1 N–H and O–H groups in total. The second-order valence-electron chi connectivity index (χ2n) is 7.77. The predicted octanol–water partition coefficient (Wildman–Crippen LogP) is 3.93. The highest BCUT2D eigenvalue weighted by Crippen LogP contribution is 2.39. The SMILES string of the molecule is COCCN1C(=O)C(=O)/C(=C(/O)c2ccc(OCC(C)C)cc2)[C@H]1c1ccc(F)cc1. The molecule has 2 aromatic rings. The molecule has 1 aliphatic heterocycles. The fourth-order valence-corrected chi connectivity index (χ4v) is 3.42. The molecule has 164 valence electrons. The lowest BCUT2D eigenvalue weighted by molar-refractivity contribution is -0.140. The molecule has 31 heavy (non-hydrogen) atoms. The van der Waals surface area contributed by atoms with E-state index in [1.165, 1.54) is 36.3 Å². The lowest BCUT2D eigenvalue weighted by Gasteiger charge is -2.25. The molecule has 1 fully saturated rings. The van der Waals surface area contributed by atoms with Crippen molar-refractivity contribution < 1.29 is 28.6 Å². The molecule has 0 radical (unpaired) electrons. The van der Waals surface area contributed by atoms with E-state index in [2.05, 4.69) is 0 Å². The zero-order valence-corrected chi connectivity index (χ0v) is 17.8. The highest BCUT2D eigenvalue weighted by molar-refractivity contribution is 6.46. The number of methoxy groups -OCH3 is 1. The number of carbonyl (C=O) groups excluding carboxylic acids is 2. The number of likely N-dealkylation sites (tertiary alicyclic amines) is 1. The van der Waals surface area contributed by atoms with Gasteiger partial charge in [0.05, 0.1) is 24.8 Å². The fourth-order valence-electron chi connectivity index (χ4n) is 3.42. The van der Waals surface area contributed by atoms with Gasteiger partial charge in [0.1, 0.15) is 17.3 Å². The number of hydrogen-bond donors (Lipinski definition) is 1. The van der Waals surface area contributed by atoms with Crippen molar-refractivity contribution >= 4 is 17.4 Å². The van der Waals surface area contributed by atoms with Crippen molar-refractivity contribution in [3.63, 3.8) is 0 Å². The van der Waals surface area contributed by atoms with Gasteiger partial charge in [-0.2, -0.15) is 0 Å². The van der Waals surface area contributed by atoms with E-state index < -0.39 is 23.5 Å². The minimum absolute atomic E-state index is 0.0384. The number of aliphatic hydroxyl groups excluding tert-OH is 1. The van der Waals surface area contributed by atoms with Crippen LogP contribution in [0.4, 0.5) is 4.39 Å². The average molecular weight is 427 g/mol. The third-order valence-electron chi connectivity index (χ3n) is 4.97. The molecule has 7 heteroatoms. The number of amides is 1. The number of hydrogen-bond acceptors (Lipinski definition) is 5. The molecule has 1 heterocycles. The van der Waals surface area contributed by atoms with Crippen LogP contribution in [0.25, 0.3) is 5.76 Å². The van der Waals surface area contributed by atoms with E-state index in [1.807, 2.05) is 13.8 Å². The Morgan fingerprint density at radius 3 is 2.32 bits per heavy atom. The van der Waals surface area contributed by atoms with Crippen LogP contribution in [0.2, 0.25) is 0 Å². The van der Waals surface area contributed by atoms with Crippen molar-refractivity contribution in [3.05, 3.63) is 71.0 Å². The summed E-state index contributed by atoms with van der Waals surface area (Å²) in [6.45, 7) is 5.01. The standard InChI is InChI=1S/C24H26FNO5/c1-15(2)14-31-19-10-6-17(7-11-19)22(27)20-21(16-4-8-18(25)9-5-16)26(12-13-30-3)24(29)23(20)28/h4-11,15,21,27H,12-14H2,1-3H3/b22-20+/t21-/m1/s1. The molecule has 0 bridgehead atoms. The van der Waals surface area contributed by atoms with Crippen LogP contribution in [0.1, 0.15) is 31.0 Å². The summed E-state index contributed by atoms with van der Waals surface area (Å²) in [6.07, 6.45) is 0. The zero-order valence-electron chi connectivity index (χ0n) is 17.8. The Kier molecular flexibility index (Phi) is 7.07. The van der Waals surface area contributed by atoms with Crippen LogP contribution in [-0.2, 0) is 14.3 Å². The minimum Gasteiger partial charge on any atom is -0.507 e. The summed E-state index contributed by atoms with van der Waals surface area (Å²) in [5.74, 6) is -1.24. The highest BCUT2D eigenvalue weighted by Gasteiger charge is 2.45. The average Bonchev–Trinajstić information content (AvgIpc) is 3.01. The molecule has 1 atom stereocenters. The maximum atomic E-state index is 13.5. The van der Waals surface area contributed by atoms with Gasteiger partial charge in [0.15, 0.2) is 0 Å². The number of benzene rings is 2. The van der Waals surface area contributed by atoms with Crippen LogP contribution in [0.5, 0.6) is 5.75 Å². The van der Waals surface area contributed by atoms with Crippen molar-refractivity contribution in [1.82, 2.24) is 4.90 Å². The van der Waals surface area contributed by atoms with Crippen LogP contribution in [0, 0.1) is 11.7 Å². The van der Waals surface area contributed by atoms with E-state index in [4.69, 9.17) is 9.47 Å². The number of halogens is 1. The first-order valence-electron chi connectivity index (χ1n) is 10.1. The zero-order chi connectivity index (χ0) is 22.5. The molecule has 6 nitrogen and oxygen atoms in total. The third-order valence-corrected chi connectivity index (χ3v) is 4.97. The van der Waals surface area contributed by atoms with E-state index in [-0.39, 0.29) is 24.5 Å². The minimum atomic E-state index is -0.840. The van der Waals surface area contributed by atoms with Crippen LogP contribution >= 0.6 is 0 Å². The summed E-state index contributed by atoms with van der Waals surface area (Å²) in [5.41, 5.74) is 0.868. The van der Waals surface area contributed by atoms with Crippen molar-refractivity contribution in [2.75, 3.05) is 26.9 Å². The molecule has 0 saturated carbocycles. The van der Waals surface area contributed by atoms with Crippen molar-refractivity contribution in [1.29, 1.82) is 0 Å². The topological polar surface area (TPSA) is 76.1 Å². The Morgan fingerprint density at radius 1 is 1.10 bits per heavy atom. The van der Waals surface area contributed by atoms with Crippen LogP contribution < -0.4 is 4.74 Å². The Hall–Kier alpha value is -3.19. The van der Waals surface area contributed by atoms with Crippen molar-refractivity contribution in [2.45, 2.75) is 19.9 Å². The summed E-state index contributed by atoms with van der Waals surface area (Å²) in [7, 11) is 1.49. The van der Waals surface area contributed by atoms with Crippen LogP contribution in [0.3, 0.4) is 0 Å².